The van der Waals surface area contributed by atoms with Gasteiger partial charge in [-0.1, -0.05) is 24.6 Å². The predicted molar refractivity (Wildman–Crippen MR) is 132 cm³/mol. The van der Waals surface area contributed by atoms with Crippen LogP contribution in [-0.4, -0.2) is 39.6 Å². The predicted octanol–water partition coefficient (Wildman–Crippen LogP) is 6.64. The fourth-order valence-corrected chi connectivity index (χ4v) is 5.41. The second-order valence-corrected chi connectivity index (χ2v) is 10.4. The summed E-state index contributed by atoms with van der Waals surface area (Å²) in [5, 5.41) is 2.47. The van der Waals surface area contributed by atoms with Gasteiger partial charge in [0.15, 0.2) is 5.76 Å². The highest BCUT2D eigenvalue weighted by atomic mass is 35.5. The molecule has 34 heavy (non-hydrogen) atoms. The number of furan rings is 1. The van der Waals surface area contributed by atoms with Crippen LogP contribution in [0.5, 0.6) is 0 Å². The molecule has 1 saturated carbocycles. The molecule has 1 amide bonds. The van der Waals surface area contributed by atoms with Crippen molar-refractivity contribution in [2.75, 3.05) is 13.1 Å². The van der Waals surface area contributed by atoms with Crippen molar-refractivity contribution in [1.82, 2.24) is 14.5 Å². The Bertz CT molecular complexity index is 1410. The van der Waals surface area contributed by atoms with E-state index in [9.17, 15) is 9.18 Å². The molecule has 176 valence electrons. The van der Waals surface area contributed by atoms with Crippen LogP contribution in [0.15, 0.2) is 40.8 Å². The summed E-state index contributed by atoms with van der Waals surface area (Å²) in [7, 11) is 0. The molecule has 0 spiro atoms. The van der Waals surface area contributed by atoms with Crippen molar-refractivity contribution in [2.24, 2.45) is 11.8 Å². The second kappa shape index (κ2) is 8.12. The third-order valence-corrected chi connectivity index (χ3v) is 7.37. The van der Waals surface area contributed by atoms with Crippen LogP contribution in [0.3, 0.4) is 0 Å². The van der Waals surface area contributed by atoms with Gasteiger partial charge in [-0.3, -0.25) is 4.79 Å². The number of fused-ring (bicyclic) bond motifs is 2. The summed E-state index contributed by atoms with van der Waals surface area (Å²) in [4.78, 5) is 19.3. The third-order valence-electron chi connectivity index (χ3n) is 7.16. The van der Waals surface area contributed by atoms with E-state index in [0.29, 0.717) is 35.2 Å². The zero-order valence-electron chi connectivity index (χ0n) is 19.4. The van der Waals surface area contributed by atoms with Crippen LogP contribution in [0.4, 0.5) is 4.39 Å². The summed E-state index contributed by atoms with van der Waals surface area (Å²) in [5.41, 5.74) is 4.05. The van der Waals surface area contributed by atoms with Crippen LogP contribution >= 0.6 is 11.6 Å². The van der Waals surface area contributed by atoms with Crippen molar-refractivity contribution >= 4 is 39.5 Å². The van der Waals surface area contributed by atoms with Crippen molar-refractivity contribution in [3.8, 4) is 11.5 Å². The molecule has 4 heterocycles. The molecule has 1 saturated heterocycles. The molecule has 1 aliphatic heterocycles. The number of likely N-dealkylation sites (tertiary alicyclic amines) is 1. The Hall–Kier alpha value is -2.86. The summed E-state index contributed by atoms with van der Waals surface area (Å²) >= 11 is 6.22. The number of hydrogen-bond acceptors (Lipinski definition) is 3. The number of nitrogens with zero attached hydrogens (tertiary/aromatic N) is 3. The number of hydrogen-bond donors (Lipinski definition) is 0. The van der Waals surface area contributed by atoms with Crippen molar-refractivity contribution in [3.63, 3.8) is 0 Å². The normalized spacial score (nSPS) is 21.0. The highest BCUT2D eigenvalue weighted by Gasteiger charge is 2.29. The molecule has 5 nitrogen and oxygen atoms in total. The number of carbonyl (C=O) groups is 1. The topological polar surface area (TPSA) is 51.3 Å². The van der Waals surface area contributed by atoms with E-state index in [2.05, 4.69) is 15.6 Å². The third kappa shape index (κ3) is 3.78. The monoisotopic (exact) mass is 479 g/mol. The molecule has 0 bridgehead atoms. The Labute approximate surface area is 202 Å². The van der Waals surface area contributed by atoms with Crippen LogP contribution < -0.4 is 0 Å². The maximum atomic E-state index is 14.1. The second-order valence-electron chi connectivity index (χ2n) is 10.0. The van der Waals surface area contributed by atoms with Gasteiger partial charge in [-0.05, 0) is 68.4 Å². The van der Waals surface area contributed by atoms with Gasteiger partial charge in [-0.2, -0.15) is 0 Å². The van der Waals surface area contributed by atoms with Gasteiger partial charge in [0.25, 0.3) is 5.91 Å². The zero-order chi connectivity index (χ0) is 23.6. The molecule has 1 aliphatic carbocycles. The number of amides is 1. The van der Waals surface area contributed by atoms with Crippen molar-refractivity contribution in [3.05, 3.63) is 52.7 Å². The zero-order valence-corrected chi connectivity index (χ0v) is 20.1. The lowest BCUT2D eigenvalue weighted by atomic mass is 9.98. The van der Waals surface area contributed by atoms with Gasteiger partial charge in [0.2, 0.25) is 0 Å². The van der Waals surface area contributed by atoms with Crippen LogP contribution in [0, 0.1) is 18.8 Å². The molecule has 0 radical (unpaired) electrons. The summed E-state index contributed by atoms with van der Waals surface area (Å²) in [6.07, 6.45) is 1.99. The SMILES string of the molecule is Cc1c(-c2cc3ccc(Cl)nc3n2CC2CC2)oc2cc(C(=O)N3C[C@H](C)C[C@@H](F)C3)ccc12. The molecular weight excluding hydrogens is 453 g/mol. The van der Waals surface area contributed by atoms with Crippen molar-refractivity contribution < 1.29 is 13.6 Å². The first-order chi connectivity index (χ1) is 16.4. The highest BCUT2D eigenvalue weighted by Crippen LogP contribution is 2.39. The average molecular weight is 480 g/mol. The van der Waals surface area contributed by atoms with E-state index in [-0.39, 0.29) is 18.4 Å². The Balaban J connectivity index is 1.41. The summed E-state index contributed by atoms with van der Waals surface area (Å²) in [5.74, 6) is 1.44. The van der Waals surface area contributed by atoms with E-state index >= 15 is 0 Å². The minimum absolute atomic E-state index is 0.145. The van der Waals surface area contributed by atoms with Gasteiger partial charge in [0.05, 0.1) is 12.2 Å². The van der Waals surface area contributed by atoms with E-state index in [4.69, 9.17) is 16.0 Å². The first kappa shape index (κ1) is 21.7. The number of halogens is 2. The first-order valence-corrected chi connectivity index (χ1v) is 12.4. The maximum Gasteiger partial charge on any atom is 0.254 e. The molecule has 0 unspecified atom stereocenters. The van der Waals surface area contributed by atoms with E-state index in [1.54, 1.807) is 11.0 Å². The molecule has 2 aliphatic rings. The highest BCUT2D eigenvalue weighted by molar-refractivity contribution is 6.29. The molecule has 1 aromatic carbocycles. The largest absolute Gasteiger partial charge is 0.454 e. The lowest BCUT2D eigenvalue weighted by Crippen LogP contribution is -2.44. The van der Waals surface area contributed by atoms with Crippen molar-refractivity contribution in [1.29, 1.82) is 0 Å². The van der Waals surface area contributed by atoms with Crippen molar-refractivity contribution in [2.45, 2.75) is 45.8 Å². The minimum atomic E-state index is -0.968. The standard InChI is InChI=1S/C27H27ClFN3O2/c1-15-9-20(29)14-31(12-15)27(33)19-5-7-21-16(2)25(34-23(21)11-19)22-10-18-6-8-24(28)30-26(18)32(22)13-17-3-4-17/h5-8,10-11,15,17,20H,3-4,9,12-14H2,1-2H3/t15-,20-/m1/s1. The molecule has 4 aromatic rings. The molecule has 6 rings (SSSR count). The molecule has 0 N–H and O–H groups in total. The smallest absolute Gasteiger partial charge is 0.254 e. The van der Waals surface area contributed by atoms with Gasteiger partial charge in [0.1, 0.15) is 22.6 Å². The number of alkyl halides is 1. The fraction of sp³-hybridized carbons (Fsp3) is 0.407. The van der Waals surface area contributed by atoms with E-state index in [1.807, 2.05) is 38.1 Å². The van der Waals surface area contributed by atoms with Crippen LogP contribution in [0.2, 0.25) is 5.15 Å². The quantitative estimate of drug-likeness (QED) is 0.308. The summed E-state index contributed by atoms with van der Waals surface area (Å²) < 4.78 is 22.7. The van der Waals surface area contributed by atoms with Gasteiger partial charge in [-0.15, -0.1) is 0 Å². The summed E-state index contributed by atoms with van der Waals surface area (Å²) in [6, 6.07) is 11.5. The number of piperidine rings is 1. The van der Waals surface area contributed by atoms with Gasteiger partial charge >= 0.3 is 0 Å². The summed E-state index contributed by atoms with van der Waals surface area (Å²) in [6.45, 7) is 5.64. The number of pyridine rings is 1. The average Bonchev–Trinajstić information content (AvgIpc) is 3.48. The minimum Gasteiger partial charge on any atom is -0.454 e. The maximum absolute atomic E-state index is 14.1. The van der Waals surface area contributed by atoms with Gasteiger partial charge in [0, 0.05) is 35.0 Å². The van der Waals surface area contributed by atoms with E-state index in [0.717, 1.165) is 40.0 Å². The van der Waals surface area contributed by atoms with Crippen LogP contribution in [0.25, 0.3) is 33.5 Å². The molecule has 2 atom stereocenters. The van der Waals surface area contributed by atoms with E-state index < -0.39 is 6.17 Å². The number of aromatic nitrogens is 2. The number of carbonyl (C=O) groups excluding carboxylic acids is 1. The Morgan fingerprint density at radius 2 is 2.03 bits per heavy atom. The van der Waals surface area contributed by atoms with Crippen LogP contribution in [-0.2, 0) is 6.54 Å². The van der Waals surface area contributed by atoms with Crippen LogP contribution in [0.1, 0.15) is 42.1 Å². The van der Waals surface area contributed by atoms with Gasteiger partial charge < -0.3 is 13.9 Å². The van der Waals surface area contributed by atoms with Gasteiger partial charge in [-0.25, -0.2) is 9.37 Å². The molecule has 2 fully saturated rings. The molecule has 7 heteroatoms. The number of aryl methyl sites for hydroxylation is 1. The number of rotatable bonds is 4. The molecular formula is C27H27ClFN3O2. The van der Waals surface area contributed by atoms with E-state index in [1.165, 1.54) is 12.8 Å². The fourth-order valence-electron chi connectivity index (χ4n) is 5.26. The Morgan fingerprint density at radius 1 is 1.21 bits per heavy atom. The number of benzene rings is 1. The lowest BCUT2D eigenvalue weighted by molar-refractivity contribution is 0.0555. The Kier molecular flexibility index (Phi) is 5.17. The first-order valence-electron chi connectivity index (χ1n) is 12.0. The molecule has 3 aromatic heterocycles. The Morgan fingerprint density at radius 3 is 2.79 bits per heavy atom. The lowest BCUT2D eigenvalue weighted by Gasteiger charge is -2.33.